The molecule has 0 aromatic heterocycles. The van der Waals surface area contributed by atoms with Crippen molar-refractivity contribution < 1.29 is 23.8 Å². The average Bonchev–Trinajstić information content (AvgIpc) is 2.64. The van der Waals surface area contributed by atoms with Crippen LogP contribution in [0.15, 0.2) is 30.3 Å². The molecule has 0 aliphatic heterocycles. The Balaban J connectivity index is 2.13. The number of hydrogen-bond donors (Lipinski definition) is 1. The van der Waals surface area contributed by atoms with Gasteiger partial charge in [-0.25, -0.2) is 4.79 Å². The molecule has 1 amide bonds. The monoisotopic (exact) mass is 371 g/mol. The first kappa shape index (κ1) is 20.3. The normalized spacial score (nSPS) is 11.5. The zero-order valence-electron chi connectivity index (χ0n) is 16.5. The van der Waals surface area contributed by atoms with E-state index in [1.165, 1.54) is 21.1 Å². The fourth-order valence-electron chi connectivity index (χ4n) is 2.59. The summed E-state index contributed by atoms with van der Waals surface area (Å²) in [6, 6.07) is 8.89. The van der Waals surface area contributed by atoms with E-state index in [0.29, 0.717) is 17.2 Å². The van der Waals surface area contributed by atoms with Gasteiger partial charge in [0.15, 0.2) is 6.10 Å². The molecule has 2 aromatic carbocycles. The van der Waals surface area contributed by atoms with Crippen molar-refractivity contribution in [2.45, 2.75) is 33.8 Å². The highest BCUT2D eigenvalue weighted by Gasteiger charge is 2.21. The standard InChI is InChI=1S/C21H25NO5/c1-12-7-8-13(2)17(9-12)22-20(23)15(4)27-21(24)16-10-18(25-5)14(3)19(11-16)26-6/h7-11,15H,1-6H3,(H,22,23). The summed E-state index contributed by atoms with van der Waals surface area (Å²) in [5, 5.41) is 2.80. The third kappa shape index (κ3) is 4.78. The quantitative estimate of drug-likeness (QED) is 0.782. The lowest BCUT2D eigenvalue weighted by Gasteiger charge is -2.16. The number of carbonyl (C=O) groups excluding carboxylic acids is 2. The Morgan fingerprint density at radius 2 is 1.56 bits per heavy atom. The zero-order chi connectivity index (χ0) is 20.1. The van der Waals surface area contributed by atoms with Crippen LogP contribution in [0.5, 0.6) is 11.5 Å². The Kier molecular flexibility index (Phi) is 6.45. The maximum absolute atomic E-state index is 12.5. The molecule has 0 spiro atoms. The molecule has 0 heterocycles. The zero-order valence-corrected chi connectivity index (χ0v) is 16.5. The van der Waals surface area contributed by atoms with Crippen LogP contribution in [0.3, 0.4) is 0 Å². The van der Waals surface area contributed by atoms with Crippen LogP contribution in [-0.2, 0) is 9.53 Å². The van der Waals surface area contributed by atoms with Gasteiger partial charge in [-0.15, -0.1) is 0 Å². The number of ether oxygens (including phenoxy) is 3. The van der Waals surface area contributed by atoms with E-state index in [1.807, 2.05) is 39.0 Å². The van der Waals surface area contributed by atoms with Gasteiger partial charge in [0.2, 0.25) is 0 Å². The van der Waals surface area contributed by atoms with Crippen molar-refractivity contribution in [3.05, 3.63) is 52.6 Å². The van der Waals surface area contributed by atoms with E-state index >= 15 is 0 Å². The van der Waals surface area contributed by atoms with Gasteiger partial charge < -0.3 is 19.5 Å². The van der Waals surface area contributed by atoms with E-state index in [-0.39, 0.29) is 5.56 Å². The van der Waals surface area contributed by atoms with E-state index in [0.717, 1.165) is 16.7 Å². The Hall–Kier alpha value is -3.02. The summed E-state index contributed by atoms with van der Waals surface area (Å²) in [6.45, 7) is 7.20. The summed E-state index contributed by atoms with van der Waals surface area (Å²) in [7, 11) is 3.02. The molecule has 0 fully saturated rings. The van der Waals surface area contributed by atoms with E-state index in [2.05, 4.69) is 5.32 Å². The van der Waals surface area contributed by atoms with E-state index < -0.39 is 18.0 Å². The number of hydrogen-bond acceptors (Lipinski definition) is 5. The SMILES string of the molecule is COc1cc(C(=O)OC(C)C(=O)Nc2cc(C)ccc2C)cc(OC)c1C. The third-order valence-corrected chi connectivity index (χ3v) is 4.29. The predicted octanol–water partition coefficient (Wildman–Crippen LogP) is 3.81. The summed E-state index contributed by atoms with van der Waals surface area (Å²) >= 11 is 0. The van der Waals surface area contributed by atoms with Crippen LogP contribution in [-0.4, -0.2) is 32.2 Å². The van der Waals surface area contributed by atoms with E-state index in [9.17, 15) is 9.59 Å². The Labute approximate surface area is 159 Å². The number of rotatable bonds is 6. The van der Waals surface area contributed by atoms with Crippen LogP contribution in [0.1, 0.15) is 34.0 Å². The molecule has 0 saturated carbocycles. The molecule has 2 rings (SSSR count). The molecule has 1 unspecified atom stereocenters. The summed E-state index contributed by atoms with van der Waals surface area (Å²) < 4.78 is 15.9. The maximum Gasteiger partial charge on any atom is 0.339 e. The van der Waals surface area contributed by atoms with Crippen LogP contribution >= 0.6 is 0 Å². The number of amides is 1. The van der Waals surface area contributed by atoms with Gasteiger partial charge in [0.25, 0.3) is 5.91 Å². The van der Waals surface area contributed by atoms with Crippen LogP contribution in [0.2, 0.25) is 0 Å². The predicted molar refractivity (Wildman–Crippen MR) is 104 cm³/mol. The number of benzene rings is 2. The number of esters is 1. The number of aryl methyl sites for hydroxylation is 2. The Morgan fingerprint density at radius 1 is 0.963 bits per heavy atom. The number of nitrogens with one attached hydrogen (secondary N) is 1. The lowest BCUT2D eigenvalue weighted by atomic mass is 10.1. The molecule has 144 valence electrons. The molecule has 1 N–H and O–H groups in total. The highest BCUT2D eigenvalue weighted by atomic mass is 16.5. The van der Waals surface area contributed by atoms with Crippen LogP contribution < -0.4 is 14.8 Å². The largest absolute Gasteiger partial charge is 0.496 e. The molecule has 6 heteroatoms. The summed E-state index contributed by atoms with van der Waals surface area (Å²) in [5.41, 5.74) is 3.68. The van der Waals surface area contributed by atoms with Crippen LogP contribution in [0, 0.1) is 20.8 Å². The van der Waals surface area contributed by atoms with Gasteiger partial charge in [0.1, 0.15) is 11.5 Å². The topological polar surface area (TPSA) is 73.9 Å². The Bertz CT molecular complexity index is 835. The van der Waals surface area contributed by atoms with Gasteiger partial charge in [-0.2, -0.15) is 0 Å². The summed E-state index contributed by atoms with van der Waals surface area (Å²) in [4.78, 5) is 24.9. The first-order chi connectivity index (χ1) is 12.8. The van der Waals surface area contributed by atoms with Gasteiger partial charge in [-0.05, 0) is 57.0 Å². The Morgan fingerprint density at radius 3 is 2.11 bits per heavy atom. The molecule has 0 saturated heterocycles. The minimum absolute atomic E-state index is 0.251. The molecule has 0 aliphatic rings. The molecule has 6 nitrogen and oxygen atoms in total. The number of methoxy groups -OCH3 is 2. The summed E-state index contributed by atoms with van der Waals surface area (Å²) in [5.74, 6) is -0.0131. The molecule has 0 aliphatic carbocycles. The average molecular weight is 371 g/mol. The van der Waals surface area contributed by atoms with Gasteiger partial charge in [0, 0.05) is 11.3 Å². The van der Waals surface area contributed by atoms with Gasteiger partial charge in [-0.3, -0.25) is 4.79 Å². The first-order valence-electron chi connectivity index (χ1n) is 8.58. The molecule has 0 radical (unpaired) electrons. The second-order valence-electron chi connectivity index (χ2n) is 6.36. The van der Waals surface area contributed by atoms with Gasteiger partial charge in [0.05, 0.1) is 19.8 Å². The lowest BCUT2D eigenvalue weighted by molar-refractivity contribution is -0.123. The lowest BCUT2D eigenvalue weighted by Crippen LogP contribution is -2.30. The van der Waals surface area contributed by atoms with Crippen molar-refractivity contribution >= 4 is 17.6 Å². The minimum Gasteiger partial charge on any atom is -0.496 e. The second-order valence-corrected chi connectivity index (χ2v) is 6.36. The molecular weight excluding hydrogens is 346 g/mol. The van der Waals surface area contributed by atoms with E-state index in [4.69, 9.17) is 14.2 Å². The van der Waals surface area contributed by atoms with Crippen molar-refractivity contribution in [1.82, 2.24) is 0 Å². The van der Waals surface area contributed by atoms with Crippen molar-refractivity contribution in [3.63, 3.8) is 0 Å². The van der Waals surface area contributed by atoms with Gasteiger partial charge in [-0.1, -0.05) is 12.1 Å². The van der Waals surface area contributed by atoms with Crippen LogP contribution in [0.4, 0.5) is 5.69 Å². The van der Waals surface area contributed by atoms with Crippen molar-refractivity contribution in [2.75, 3.05) is 19.5 Å². The molecule has 0 bridgehead atoms. The maximum atomic E-state index is 12.5. The van der Waals surface area contributed by atoms with Crippen molar-refractivity contribution in [1.29, 1.82) is 0 Å². The van der Waals surface area contributed by atoms with Gasteiger partial charge >= 0.3 is 5.97 Å². The number of anilines is 1. The third-order valence-electron chi connectivity index (χ3n) is 4.29. The number of carbonyl (C=O) groups is 2. The first-order valence-corrected chi connectivity index (χ1v) is 8.58. The molecule has 1 atom stereocenters. The fraction of sp³-hybridized carbons (Fsp3) is 0.333. The summed E-state index contributed by atoms with van der Waals surface area (Å²) in [6.07, 6.45) is -0.962. The van der Waals surface area contributed by atoms with Crippen LogP contribution in [0.25, 0.3) is 0 Å². The molecule has 2 aromatic rings. The fourth-order valence-corrected chi connectivity index (χ4v) is 2.59. The molecular formula is C21H25NO5. The van der Waals surface area contributed by atoms with Crippen molar-refractivity contribution in [3.8, 4) is 11.5 Å². The highest BCUT2D eigenvalue weighted by Crippen LogP contribution is 2.30. The molecule has 27 heavy (non-hydrogen) atoms. The smallest absolute Gasteiger partial charge is 0.339 e. The minimum atomic E-state index is -0.962. The highest BCUT2D eigenvalue weighted by molar-refractivity contribution is 5.98. The second kappa shape index (κ2) is 8.58. The van der Waals surface area contributed by atoms with Crippen molar-refractivity contribution in [2.24, 2.45) is 0 Å². The van der Waals surface area contributed by atoms with E-state index in [1.54, 1.807) is 12.1 Å².